The number of aryl methyl sites for hydroxylation is 1. The molecular formula is C22H24N4O3. The summed E-state index contributed by atoms with van der Waals surface area (Å²) in [7, 11) is 0. The molecule has 0 radical (unpaired) electrons. The minimum Gasteiger partial charge on any atom is -0.508 e. The summed E-state index contributed by atoms with van der Waals surface area (Å²) in [5.41, 5.74) is 9.60. The lowest BCUT2D eigenvalue weighted by Crippen LogP contribution is -2.33. The van der Waals surface area contributed by atoms with Gasteiger partial charge in [-0.05, 0) is 67.7 Å². The summed E-state index contributed by atoms with van der Waals surface area (Å²) >= 11 is 0. The maximum atomic E-state index is 12.8. The highest BCUT2D eigenvalue weighted by molar-refractivity contribution is 5.97. The zero-order chi connectivity index (χ0) is 20.5. The van der Waals surface area contributed by atoms with Gasteiger partial charge in [-0.3, -0.25) is 4.79 Å². The number of hydrogen-bond donors (Lipinski definition) is 3. The highest BCUT2D eigenvalue weighted by Gasteiger charge is 2.26. The van der Waals surface area contributed by atoms with Crippen molar-refractivity contribution in [1.82, 2.24) is 14.9 Å². The van der Waals surface area contributed by atoms with Gasteiger partial charge < -0.3 is 20.7 Å². The van der Waals surface area contributed by atoms with Gasteiger partial charge in [0.2, 0.25) is 5.91 Å². The molecule has 2 heterocycles. The van der Waals surface area contributed by atoms with Crippen molar-refractivity contribution in [3.05, 3.63) is 63.7 Å². The fourth-order valence-corrected chi connectivity index (χ4v) is 3.81. The number of carbonyl (C=O) groups excluding carboxylic acids is 1. The molecule has 1 fully saturated rings. The van der Waals surface area contributed by atoms with E-state index in [0.717, 1.165) is 29.6 Å². The third-order valence-electron chi connectivity index (χ3n) is 5.44. The molecule has 1 saturated heterocycles. The Morgan fingerprint density at radius 2 is 2.17 bits per heavy atom. The number of nitrogens with one attached hydrogen (secondary N) is 1. The van der Waals surface area contributed by atoms with Crippen molar-refractivity contribution in [2.45, 2.75) is 32.2 Å². The normalized spacial score (nSPS) is 19.1. The summed E-state index contributed by atoms with van der Waals surface area (Å²) in [4.78, 5) is 33.6. The van der Waals surface area contributed by atoms with Crippen molar-refractivity contribution in [1.29, 1.82) is 0 Å². The Hall–Kier alpha value is -3.19. The molecule has 1 aliphatic carbocycles. The highest BCUT2D eigenvalue weighted by Crippen LogP contribution is 2.29. The number of hydrogen-bond acceptors (Lipinski definition) is 5. The average molecular weight is 392 g/mol. The molecule has 1 aliphatic heterocycles. The Kier molecular flexibility index (Phi) is 5.07. The molecule has 1 atom stereocenters. The lowest BCUT2D eigenvalue weighted by atomic mass is 9.95. The predicted molar refractivity (Wildman–Crippen MR) is 111 cm³/mol. The summed E-state index contributed by atoms with van der Waals surface area (Å²) < 4.78 is 0. The molecule has 2 aliphatic rings. The van der Waals surface area contributed by atoms with E-state index < -0.39 is 5.69 Å². The summed E-state index contributed by atoms with van der Waals surface area (Å²) in [5.74, 6) is 0.218. The van der Waals surface area contributed by atoms with Gasteiger partial charge in [-0.15, -0.1) is 0 Å². The second-order valence-electron chi connectivity index (χ2n) is 7.65. The van der Waals surface area contributed by atoms with Crippen LogP contribution in [-0.2, 0) is 4.79 Å². The maximum Gasteiger partial charge on any atom is 0.345 e. The number of phenols is 1. The molecule has 2 aromatic rings. The standard InChI is InChI=1S/C22H24N4O3/c1-13-9-15(5-6-20(13)27)19-11-18(24-22(29)25-19)14-3-2-4-16(10-14)21(28)26-8-7-17(23)12-26/h3,5-6,9-11,17,27H,2,4,7-8,12,23H2,1H3,(H,24,25,29). The van der Waals surface area contributed by atoms with Crippen LogP contribution >= 0.6 is 0 Å². The van der Waals surface area contributed by atoms with Crippen LogP contribution in [0, 0.1) is 6.92 Å². The van der Waals surface area contributed by atoms with Gasteiger partial charge in [0.15, 0.2) is 0 Å². The van der Waals surface area contributed by atoms with E-state index >= 15 is 0 Å². The number of nitrogens with two attached hydrogens (primary N) is 1. The number of carbonyl (C=O) groups is 1. The molecule has 150 valence electrons. The number of aromatic hydroxyl groups is 1. The Bertz CT molecular complexity index is 1080. The molecule has 1 aromatic carbocycles. The number of nitrogens with zero attached hydrogens (tertiary/aromatic N) is 2. The summed E-state index contributed by atoms with van der Waals surface area (Å²) in [6, 6.07) is 6.95. The molecule has 4 N–H and O–H groups in total. The number of amides is 1. The number of benzene rings is 1. The van der Waals surface area contributed by atoms with Crippen molar-refractivity contribution < 1.29 is 9.90 Å². The minimum absolute atomic E-state index is 0.0225. The molecule has 1 aromatic heterocycles. The molecule has 0 saturated carbocycles. The van der Waals surface area contributed by atoms with Gasteiger partial charge in [-0.25, -0.2) is 4.79 Å². The van der Waals surface area contributed by atoms with Gasteiger partial charge in [-0.2, -0.15) is 4.98 Å². The fourth-order valence-electron chi connectivity index (χ4n) is 3.81. The lowest BCUT2D eigenvalue weighted by molar-refractivity contribution is -0.126. The number of phenolic OH excluding ortho intramolecular Hbond substituents is 1. The third kappa shape index (κ3) is 4.00. The average Bonchev–Trinajstić information content (AvgIpc) is 3.15. The van der Waals surface area contributed by atoms with Crippen LogP contribution in [0.5, 0.6) is 5.75 Å². The third-order valence-corrected chi connectivity index (χ3v) is 5.44. The summed E-state index contributed by atoms with van der Waals surface area (Å²) in [6.45, 7) is 3.07. The van der Waals surface area contributed by atoms with Crippen LogP contribution in [0.15, 0.2) is 46.8 Å². The van der Waals surface area contributed by atoms with Crippen LogP contribution in [-0.4, -0.2) is 45.0 Å². The highest BCUT2D eigenvalue weighted by atomic mass is 16.3. The first-order valence-corrected chi connectivity index (χ1v) is 9.78. The van der Waals surface area contributed by atoms with Crippen molar-refractivity contribution >= 4 is 11.5 Å². The van der Waals surface area contributed by atoms with Crippen molar-refractivity contribution in [2.75, 3.05) is 13.1 Å². The Balaban J connectivity index is 1.65. The first kappa shape index (κ1) is 19.1. The summed E-state index contributed by atoms with van der Waals surface area (Å²) in [5, 5.41) is 9.74. The molecule has 0 spiro atoms. The molecular weight excluding hydrogens is 368 g/mol. The Morgan fingerprint density at radius 3 is 2.90 bits per heavy atom. The quantitative estimate of drug-likeness (QED) is 0.741. The fraction of sp³-hybridized carbons (Fsp3) is 0.318. The van der Waals surface area contributed by atoms with Crippen molar-refractivity contribution in [3.8, 4) is 17.0 Å². The zero-order valence-electron chi connectivity index (χ0n) is 16.3. The number of likely N-dealkylation sites (tertiary alicyclic amines) is 1. The number of aromatic nitrogens is 2. The maximum absolute atomic E-state index is 12.8. The van der Waals surface area contributed by atoms with Gasteiger partial charge in [0.25, 0.3) is 0 Å². The summed E-state index contributed by atoms with van der Waals surface area (Å²) in [6.07, 6.45) is 6.10. The number of H-pyrrole nitrogens is 1. The van der Waals surface area contributed by atoms with Gasteiger partial charge in [-0.1, -0.05) is 6.08 Å². The Morgan fingerprint density at radius 1 is 1.34 bits per heavy atom. The second kappa shape index (κ2) is 7.67. The molecule has 0 bridgehead atoms. The van der Waals surface area contributed by atoms with Crippen molar-refractivity contribution in [3.63, 3.8) is 0 Å². The van der Waals surface area contributed by atoms with E-state index in [1.807, 2.05) is 12.2 Å². The van der Waals surface area contributed by atoms with Crippen LogP contribution in [0.2, 0.25) is 0 Å². The first-order chi connectivity index (χ1) is 13.9. The first-order valence-electron chi connectivity index (χ1n) is 9.78. The van der Waals surface area contributed by atoms with Crippen LogP contribution in [0.3, 0.4) is 0 Å². The Labute approximate surface area is 168 Å². The van der Waals surface area contributed by atoms with Gasteiger partial charge in [0.1, 0.15) is 5.75 Å². The van der Waals surface area contributed by atoms with E-state index in [4.69, 9.17) is 5.73 Å². The zero-order valence-corrected chi connectivity index (χ0v) is 16.3. The molecule has 4 rings (SSSR count). The molecule has 29 heavy (non-hydrogen) atoms. The minimum atomic E-state index is -0.457. The van der Waals surface area contributed by atoms with Crippen LogP contribution < -0.4 is 11.4 Å². The van der Waals surface area contributed by atoms with E-state index in [2.05, 4.69) is 9.97 Å². The molecule has 7 heteroatoms. The van der Waals surface area contributed by atoms with Crippen LogP contribution in [0.25, 0.3) is 16.8 Å². The van der Waals surface area contributed by atoms with Gasteiger partial charge in [0, 0.05) is 30.3 Å². The predicted octanol–water partition coefficient (Wildman–Crippen LogP) is 2.11. The van der Waals surface area contributed by atoms with Gasteiger partial charge >= 0.3 is 5.69 Å². The largest absolute Gasteiger partial charge is 0.508 e. The van der Waals surface area contributed by atoms with E-state index in [1.165, 1.54) is 0 Å². The number of rotatable bonds is 3. The van der Waals surface area contributed by atoms with E-state index in [-0.39, 0.29) is 17.7 Å². The van der Waals surface area contributed by atoms with Crippen LogP contribution in [0.4, 0.5) is 0 Å². The second-order valence-corrected chi connectivity index (χ2v) is 7.65. The van der Waals surface area contributed by atoms with E-state index in [1.54, 1.807) is 36.1 Å². The monoisotopic (exact) mass is 392 g/mol. The molecule has 7 nitrogen and oxygen atoms in total. The van der Waals surface area contributed by atoms with Crippen molar-refractivity contribution in [2.24, 2.45) is 5.73 Å². The number of allylic oxidation sites excluding steroid dienone is 3. The SMILES string of the molecule is Cc1cc(-c2cc(C3=CCCC(C(=O)N4CCC(N)C4)=C3)[nH]c(=O)n2)ccc1O. The topological polar surface area (TPSA) is 112 Å². The number of aromatic amines is 1. The van der Waals surface area contributed by atoms with E-state index in [0.29, 0.717) is 36.5 Å². The molecule has 1 unspecified atom stereocenters. The lowest BCUT2D eigenvalue weighted by Gasteiger charge is -2.20. The van der Waals surface area contributed by atoms with Gasteiger partial charge in [0.05, 0.1) is 11.4 Å². The molecule has 1 amide bonds. The van der Waals surface area contributed by atoms with Crippen LogP contribution in [0.1, 0.15) is 30.5 Å². The van der Waals surface area contributed by atoms with E-state index in [9.17, 15) is 14.7 Å². The smallest absolute Gasteiger partial charge is 0.345 e.